The molecule has 1 fully saturated rings. The molecule has 0 radical (unpaired) electrons. The van der Waals surface area contributed by atoms with Crippen molar-refractivity contribution in [3.63, 3.8) is 0 Å². The van der Waals surface area contributed by atoms with Gasteiger partial charge in [0.1, 0.15) is 0 Å². The van der Waals surface area contributed by atoms with Gasteiger partial charge in [0.15, 0.2) is 0 Å². The molecular weight excluding hydrogens is 248 g/mol. The summed E-state index contributed by atoms with van der Waals surface area (Å²) in [6.07, 6.45) is 5.45. The van der Waals surface area contributed by atoms with Crippen molar-refractivity contribution in [3.05, 3.63) is 35.9 Å². The van der Waals surface area contributed by atoms with E-state index in [1.54, 1.807) is 0 Å². The van der Waals surface area contributed by atoms with Gasteiger partial charge in [-0.1, -0.05) is 37.3 Å². The third-order valence-electron chi connectivity index (χ3n) is 4.32. The minimum Gasteiger partial charge on any atom is -0.336 e. The molecule has 1 atom stereocenters. The van der Waals surface area contributed by atoms with Gasteiger partial charge in [-0.05, 0) is 50.5 Å². The van der Waals surface area contributed by atoms with Crippen molar-refractivity contribution >= 4 is 6.03 Å². The van der Waals surface area contributed by atoms with E-state index in [1.165, 1.54) is 5.56 Å². The Hall–Kier alpha value is -1.51. The molecule has 1 saturated carbocycles. The Morgan fingerprint density at radius 1 is 1.20 bits per heavy atom. The van der Waals surface area contributed by atoms with Crippen LogP contribution < -0.4 is 10.6 Å². The van der Waals surface area contributed by atoms with E-state index in [9.17, 15) is 4.79 Å². The van der Waals surface area contributed by atoms with Crippen molar-refractivity contribution in [2.45, 2.75) is 64.0 Å². The predicted molar refractivity (Wildman–Crippen MR) is 82.9 cm³/mol. The number of carbonyl (C=O) groups is 1. The minimum atomic E-state index is -0.0116. The Bertz CT molecular complexity index is 410. The number of hydrogen-bond donors (Lipinski definition) is 2. The molecule has 2 rings (SSSR count). The maximum Gasteiger partial charge on any atom is 0.315 e. The normalized spacial score (nSPS) is 23.9. The average molecular weight is 274 g/mol. The number of nitrogens with one attached hydrogen (secondary N) is 2. The summed E-state index contributed by atoms with van der Waals surface area (Å²) in [5.74, 6) is 0.659. The topological polar surface area (TPSA) is 41.1 Å². The molecule has 1 aromatic carbocycles. The third kappa shape index (κ3) is 4.26. The van der Waals surface area contributed by atoms with Crippen molar-refractivity contribution in [2.75, 3.05) is 0 Å². The van der Waals surface area contributed by atoms with E-state index in [0.29, 0.717) is 12.0 Å². The van der Waals surface area contributed by atoms with Gasteiger partial charge in [-0.3, -0.25) is 0 Å². The molecule has 0 spiro atoms. The molecule has 0 aliphatic heterocycles. The number of carbonyl (C=O) groups excluding carboxylic acids is 1. The van der Waals surface area contributed by atoms with Gasteiger partial charge in [0.05, 0.1) is 0 Å². The van der Waals surface area contributed by atoms with Crippen LogP contribution in [0.25, 0.3) is 0 Å². The smallest absolute Gasteiger partial charge is 0.315 e. The molecular formula is C17H26N2O. The van der Waals surface area contributed by atoms with Gasteiger partial charge >= 0.3 is 6.03 Å². The first-order valence-electron chi connectivity index (χ1n) is 7.81. The Labute approximate surface area is 122 Å². The molecule has 20 heavy (non-hydrogen) atoms. The summed E-state index contributed by atoms with van der Waals surface area (Å²) in [5, 5.41) is 6.08. The van der Waals surface area contributed by atoms with Gasteiger partial charge in [0.25, 0.3) is 0 Å². The van der Waals surface area contributed by atoms with Crippen LogP contribution in [0.2, 0.25) is 0 Å². The fourth-order valence-corrected chi connectivity index (χ4v) is 2.85. The fraction of sp³-hybridized carbons (Fsp3) is 0.588. The summed E-state index contributed by atoms with van der Waals surface area (Å²) in [6, 6.07) is 11.3. The maximum atomic E-state index is 11.8. The van der Waals surface area contributed by atoms with Gasteiger partial charge in [-0.2, -0.15) is 0 Å². The molecule has 2 N–H and O–H groups in total. The van der Waals surface area contributed by atoms with Gasteiger partial charge in [0.2, 0.25) is 0 Å². The number of urea groups is 1. The Balaban J connectivity index is 1.76. The molecule has 3 heteroatoms. The lowest BCUT2D eigenvalue weighted by Gasteiger charge is -2.29. The SMILES string of the molecule is CC[C@H](C)NC(=O)NC1CCC(c2ccccc2)CC1. The average Bonchev–Trinajstić information content (AvgIpc) is 2.48. The van der Waals surface area contributed by atoms with Crippen LogP contribution in [0.1, 0.15) is 57.4 Å². The number of amides is 2. The highest BCUT2D eigenvalue weighted by atomic mass is 16.2. The zero-order valence-electron chi connectivity index (χ0n) is 12.6. The van der Waals surface area contributed by atoms with E-state index < -0.39 is 0 Å². The standard InChI is InChI=1S/C17H26N2O/c1-3-13(2)18-17(20)19-16-11-9-15(10-12-16)14-7-5-4-6-8-14/h4-8,13,15-16H,3,9-12H2,1-2H3,(H2,18,19,20)/t13-,15?,16?/m0/s1. The van der Waals surface area contributed by atoms with E-state index in [-0.39, 0.29) is 12.1 Å². The zero-order valence-corrected chi connectivity index (χ0v) is 12.6. The molecule has 0 heterocycles. The van der Waals surface area contributed by atoms with Crippen LogP contribution in [0.4, 0.5) is 4.79 Å². The number of hydrogen-bond acceptors (Lipinski definition) is 1. The van der Waals surface area contributed by atoms with E-state index in [4.69, 9.17) is 0 Å². The van der Waals surface area contributed by atoms with Crippen molar-refractivity contribution < 1.29 is 4.79 Å². The Morgan fingerprint density at radius 2 is 1.85 bits per heavy atom. The number of rotatable bonds is 4. The maximum absolute atomic E-state index is 11.8. The summed E-state index contributed by atoms with van der Waals surface area (Å²) in [5.41, 5.74) is 1.44. The molecule has 0 aromatic heterocycles. The van der Waals surface area contributed by atoms with E-state index in [1.807, 2.05) is 6.92 Å². The largest absolute Gasteiger partial charge is 0.336 e. The first-order chi connectivity index (χ1) is 9.69. The molecule has 0 bridgehead atoms. The van der Waals surface area contributed by atoms with Crippen LogP contribution in [0.15, 0.2) is 30.3 Å². The summed E-state index contributed by atoms with van der Waals surface area (Å²) < 4.78 is 0. The summed E-state index contributed by atoms with van der Waals surface area (Å²) in [7, 11) is 0. The van der Waals surface area contributed by atoms with Crippen LogP contribution >= 0.6 is 0 Å². The third-order valence-corrected chi connectivity index (χ3v) is 4.32. The van der Waals surface area contributed by atoms with Crippen LogP contribution in [0.3, 0.4) is 0 Å². The second-order valence-electron chi connectivity index (χ2n) is 5.89. The molecule has 3 nitrogen and oxygen atoms in total. The van der Waals surface area contributed by atoms with Crippen LogP contribution in [-0.4, -0.2) is 18.1 Å². The molecule has 1 aliphatic carbocycles. The molecule has 110 valence electrons. The summed E-state index contributed by atoms with van der Waals surface area (Å²) >= 11 is 0. The lowest BCUT2D eigenvalue weighted by Crippen LogP contribution is -2.46. The van der Waals surface area contributed by atoms with Crippen molar-refractivity contribution in [2.24, 2.45) is 0 Å². The monoisotopic (exact) mass is 274 g/mol. The van der Waals surface area contributed by atoms with E-state index >= 15 is 0 Å². The zero-order chi connectivity index (χ0) is 14.4. The highest BCUT2D eigenvalue weighted by Gasteiger charge is 2.23. The van der Waals surface area contributed by atoms with E-state index in [2.05, 4.69) is 47.9 Å². The summed E-state index contributed by atoms with van der Waals surface area (Å²) in [6.45, 7) is 4.11. The quantitative estimate of drug-likeness (QED) is 0.861. The molecule has 0 saturated heterocycles. The van der Waals surface area contributed by atoms with Crippen molar-refractivity contribution in [1.29, 1.82) is 0 Å². The minimum absolute atomic E-state index is 0.0116. The molecule has 0 unspecified atom stereocenters. The first-order valence-corrected chi connectivity index (χ1v) is 7.81. The van der Waals surface area contributed by atoms with Gasteiger partial charge in [-0.25, -0.2) is 4.79 Å². The molecule has 1 aliphatic rings. The predicted octanol–water partition coefficient (Wildman–Crippen LogP) is 3.81. The molecule has 1 aromatic rings. The summed E-state index contributed by atoms with van der Waals surface area (Å²) in [4.78, 5) is 11.8. The van der Waals surface area contributed by atoms with Gasteiger partial charge in [0, 0.05) is 12.1 Å². The lowest BCUT2D eigenvalue weighted by molar-refractivity contribution is 0.228. The second kappa shape index (κ2) is 7.32. The van der Waals surface area contributed by atoms with Crippen LogP contribution in [-0.2, 0) is 0 Å². The van der Waals surface area contributed by atoms with Crippen molar-refractivity contribution in [1.82, 2.24) is 10.6 Å². The lowest BCUT2D eigenvalue weighted by atomic mass is 9.82. The Morgan fingerprint density at radius 3 is 2.45 bits per heavy atom. The van der Waals surface area contributed by atoms with Gasteiger partial charge < -0.3 is 10.6 Å². The second-order valence-corrected chi connectivity index (χ2v) is 5.89. The van der Waals surface area contributed by atoms with E-state index in [0.717, 1.165) is 32.1 Å². The highest BCUT2D eigenvalue weighted by molar-refractivity contribution is 5.74. The highest BCUT2D eigenvalue weighted by Crippen LogP contribution is 2.32. The van der Waals surface area contributed by atoms with Crippen LogP contribution in [0.5, 0.6) is 0 Å². The van der Waals surface area contributed by atoms with Crippen LogP contribution in [0, 0.1) is 0 Å². The Kier molecular flexibility index (Phi) is 5.45. The first kappa shape index (κ1) is 14.9. The van der Waals surface area contributed by atoms with Crippen molar-refractivity contribution in [3.8, 4) is 0 Å². The number of benzene rings is 1. The fourth-order valence-electron chi connectivity index (χ4n) is 2.85. The van der Waals surface area contributed by atoms with Gasteiger partial charge in [-0.15, -0.1) is 0 Å². The molecule has 2 amide bonds.